The average Bonchev–Trinajstić information content (AvgIpc) is 3.35. The summed E-state index contributed by atoms with van der Waals surface area (Å²) in [4.78, 5) is 26.2. The van der Waals surface area contributed by atoms with Crippen LogP contribution in [0.2, 0.25) is 5.02 Å². The molecule has 5 rings (SSSR count). The maximum atomic E-state index is 14.0. The van der Waals surface area contributed by atoms with Gasteiger partial charge in [-0.05, 0) is 35.9 Å². The summed E-state index contributed by atoms with van der Waals surface area (Å²) in [5.41, 5.74) is 3.53. The number of thiazole rings is 1. The number of carbonyl (C=O) groups is 1. The molecule has 1 aliphatic heterocycles. The maximum Gasteiger partial charge on any atom is 0.284 e. The fourth-order valence-corrected chi connectivity index (χ4v) is 4.64. The first-order valence-corrected chi connectivity index (χ1v) is 11.3. The van der Waals surface area contributed by atoms with Gasteiger partial charge in [0.05, 0.1) is 15.2 Å². The minimum absolute atomic E-state index is 0.00851. The molecule has 1 aromatic heterocycles. The lowest BCUT2D eigenvalue weighted by Crippen LogP contribution is -2.32. The summed E-state index contributed by atoms with van der Waals surface area (Å²) in [6.45, 7) is 0. The number of hydrogen-bond donors (Lipinski definition) is 0. The number of anilines is 2. The SMILES string of the molecule is CN(C)c1ccc(/C=C2\N=C(c3ccccc3)N(c3nc4cc(Cl)c(F)cc4s3)C2=O)cc1. The molecule has 0 unspecified atom stereocenters. The highest BCUT2D eigenvalue weighted by Gasteiger charge is 2.34. The van der Waals surface area contributed by atoms with Gasteiger partial charge in [0.1, 0.15) is 17.3 Å². The Morgan fingerprint density at radius 3 is 2.48 bits per heavy atom. The second-order valence-electron chi connectivity index (χ2n) is 7.69. The number of aliphatic imine (C=N–C) groups is 1. The number of amidine groups is 1. The summed E-state index contributed by atoms with van der Waals surface area (Å²) in [6.07, 6.45) is 1.76. The summed E-state index contributed by atoms with van der Waals surface area (Å²) in [5.74, 6) is -0.343. The van der Waals surface area contributed by atoms with Crippen LogP contribution in [0.5, 0.6) is 0 Å². The van der Waals surface area contributed by atoms with Crippen molar-refractivity contribution in [2.24, 2.45) is 4.99 Å². The van der Waals surface area contributed by atoms with Gasteiger partial charge in [0.25, 0.3) is 5.91 Å². The van der Waals surface area contributed by atoms with E-state index in [0.29, 0.717) is 26.9 Å². The van der Waals surface area contributed by atoms with Crippen LogP contribution in [0.15, 0.2) is 77.4 Å². The maximum absolute atomic E-state index is 14.0. The Labute approximate surface area is 199 Å². The molecule has 1 amide bonds. The van der Waals surface area contributed by atoms with Gasteiger partial charge in [-0.15, -0.1) is 0 Å². The third kappa shape index (κ3) is 4.01. The quantitative estimate of drug-likeness (QED) is 0.340. The summed E-state index contributed by atoms with van der Waals surface area (Å²) in [7, 11) is 3.94. The fraction of sp³-hybridized carbons (Fsp3) is 0.0800. The van der Waals surface area contributed by atoms with Crippen LogP contribution in [0.3, 0.4) is 0 Å². The van der Waals surface area contributed by atoms with Crippen molar-refractivity contribution >= 4 is 61.8 Å². The molecule has 4 aromatic rings. The number of amides is 1. The van der Waals surface area contributed by atoms with E-state index in [1.165, 1.54) is 28.4 Å². The molecule has 2 heterocycles. The number of halogens is 2. The van der Waals surface area contributed by atoms with Crippen molar-refractivity contribution in [3.63, 3.8) is 0 Å². The van der Waals surface area contributed by atoms with E-state index in [4.69, 9.17) is 11.6 Å². The fourth-order valence-electron chi connectivity index (χ4n) is 3.51. The van der Waals surface area contributed by atoms with E-state index < -0.39 is 5.82 Å². The zero-order valence-corrected chi connectivity index (χ0v) is 19.4. The lowest BCUT2D eigenvalue weighted by molar-refractivity contribution is -0.113. The largest absolute Gasteiger partial charge is 0.378 e. The normalized spacial score (nSPS) is 14.9. The van der Waals surface area contributed by atoms with E-state index in [-0.39, 0.29) is 10.9 Å². The molecule has 0 bridgehead atoms. The molecular formula is C25H18ClFN4OS. The van der Waals surface area contributed by atoms with Crippen molar-refractivity contribution in [2.45, 2.75) is 0 Å². The zero-order chi connectivity index (χ0) is 23.1. The molecule has 8 heteroatoms. The third-order valence-electron chi connectivity index (χ3n) is 5.22. The van der Waals surface area contributed by atoms with Crippen LogP contribution < -0.4 is 9.80 Å². The number of hydrogen-bond acceptors (Lipinski definition) is 5. The van der Waals surface area contributed by atoms with Gasteiger partial charge < -0.3 is 4.90 Å². The van der Waals surface area contributed by atoms with Gasteiger partial charge in [-0.1, -0.05) is 65.4 Å². The Hall–Kier alpha value is -3.55. The molecule has 33 heavy (non-hydrogen) atoms. The second kappa shape index (κ2) is 8.42. The van der Waals surface area contributed by atoms with Crippen LogP contribution in [-0.2, 0) is 4.79 Å². The number of rotatable bonds is 4. The van der Waals surface area contributed by atoms with Crippen molar-refractivity contribution < 1.29 is 9.18 Å². The van der Waals surface area contributed by atoms with Gasteiger partial charge in [-0.3, -0.25) is 4.79 Å². The number of benzene rings is 3. The van der Waals surface area contributed by atoms with Crippen molar-refractivity contribution in [2.75, 3.05) is 23.9 Å². The second-order valence-corrected chi connectivity index (χ2v) is 9.10. The summed E-state index contributed by atoms with van der Waals surface area (Å²) < 4.78 is 14.6. The molecule has 0 saturated carbocycles. The molecule has 0 radical (unpaired) electrons. The minimum Gasteiger partial charge on any atom is -0.378 e. The third-order valence-corrected chi connectivity index (χ3v) is 6.51. The van der Waals surface area contributed by atoms with Crippen LogP contribution in [0.1, 0.15) is 11.1 Å². The molecule has 0 saturated heterocycles. The first kappa shape index (κ1) is 21.3. The van der Waals surface area contributed by atoms with Gasteiger partial charge in [-0.2, -0.15) is 0 Å². The van der Waals surface area contributed by atoms with Crippen LogP contribution in [-0.4, -0.2) is 30.8 Å². The number of aromatic nitrogens is 1. The standard InChI is InChI=1S/C25H18ClFN4OS/c1-30(2)17-10-8-15(9-11-17)12-21-24(32)31(23(28-21)16-6-4-3-5-7-16)25-29-20-13-18(26)19(27)14-22(20)33-25/h3-14H,1-2H3/b21-12-. The highest BCUT2D eigenvalue weighted by molar-refractivity contribution is 7.22. The zero-order valence-electron chi connectivity index (χ0n) is 17.8. The lowest BCUT2D eigenvalue weighted by Gasteiger charge is -2.14. The smallest absolute Gasteiger partial charge is 0.284 e. The predicted molar refractivity (Wildman–Crippen MR) is 134 cm³/mol. The number of fused-ring (bicyclic) bond motifs is 1. The first-order valence-electron chi connectivity index (χ1n) is 10.1. The Kier molecular flexibility index (Phi) is 5.44. The molecular weight excluding hydrogens is 459 g/mol. The van der Waals surface area contributed by atoms with E-state index >= 15 is 0 Å². The summed E-state index contributed by atoms with van der Waals surface area (Å²) in [6, 6.07) is 20.1. The van der Waals surface area contributed by atoms with Crippen molar-refractivity contribution in [3.05, 3.63) is 94.4 Å². The molecule has 0 fully saturated rings. The molecule has 0 atom stereocenters. The molecule has 1 aliphatic rings. The number of nitrogens with zero attached hydrogens (tertiary/aromatic N) is 4. The Bertz CT molecular complexity index is 1390. The molecule has 0 N–H and O–H groups in total. The lowest BCUT2D eigenvalue weighted by atomic mass is 10.1. The summed E-state index contributed by atoms with van der Waals surface area (Å²) >= 11 is 7.14. The topological polar surface area (TPSA) is 48.8 Å². The summed E-state index contributed by atoms with van der Waals surface area (Å²) in [5, 5.41) is 0.399. The minimum atomic E-state index is -0.522. The molecule has 164 valence electrons. The van der Waals surface area contributed by atoms with Gasteiger partial charge in [0, 0.05) is 25.3 Å². The Balaban J connectivity index is 1.60. The van der Waals surface area contributed by atoms with Gasteiger partial charge in [-0.25, -0.2) is 19.3 Å². The van der Waals surface area contributed by atoms with Crippen molar-refractivity contribution in [1.29, 1.82) is 0 Å². The van der Waals surface area contributed by atoms with E-state index in [1.54, 1.807) is 6.08 Å². The Morgan fingerprint density at radius 2 is 1.79 bits per heavy atom. The van der Waals surface area contributed by atoms with Crippen LogP contribution in [0.4, 0.5) is 15.2 Å². The van der Waals surface area contributed by atoms with Gasteiger partial charge >= 0.3 is 0 Å². The molecule has 3 aromatic carbocycles. The Morgan fingerprint density at radius 1 is 1.06 bits per heavy atom. The molecule has 0 spiro atoms. The first-order chi connectivity index (χ1) is 15.9. The highest BCUT2D eigenvalue weighted by atomic mass is 35.5. The van der Waals surface area contributed by atoms with Crippen LogP contribution in [0.25, 0.3) is 16.3 Å². The van der Waals surface area contributed by atoms with Crippen LogP contribution >= 0.6 is 22.9 Å². The highest BCUT2D eigenvalue weighted by Crippen LogP contribution is 2.36. The van der Waals surface area contributed by atoms with Crippen LogP contribution in [0, 0.1) is 5.82 Å². The van der Waals surface area contributed by atoms with E-state index in [1.807, 2.05) is 73.6 Å². The number of carbonyl (C=O) groups excluding carboxylic acids is 1. The van der Waals surface area contributed by atoms with E-state index in [2.05, 4.69) is 9.98 Å². The molecule has 5 nitrogen and oxygen atoms in total. The molecule has 0 aliphatic carbocycles. The van der Waals surface area contributed by atoms with E-state index in [0.717, 1.165) is 16.8 Å². The van der Waals surface area contributed by atoms with Gasteiger partial charge in [0.15, 0.2) is 5.13 Å². The average molecular weight is 477 g/mol. The van der Waals surface area contributed by atoms with Gasteiger partial charge in [0.2, 0.25) is 0 Å². The van der Waals surface area contributed by atoms with E-state index in [9.17, 15) is 9.18 Å². The van der Waals surface area contributed by atoms with Crippen molar-refractivity contribution in [3.8, 4) is 0 Å². The monoisotopic (exact) mass is 476 g/mol. The predicted octanol–water partition coefficient (Wildman–Crippen LogP) is 5.99. The van der Waals surface area contributed by atoms with Crippen molar-refractivity contribution in [1.82, 2.24) is 4.98 Å².